The number of rotatable bonds is 2. The molecule has 68 valence electrons. The molecular formula is C10H11NO2. The van der Waals surface area contributed by atoms with Crippen molar-refractivity contribution in [2.75, 3.05) is 0 Å². The molecule has 0 saturated carbocycles. The summed E-state index contributed by atoms with van der Waals surface area (Å²) in [5, 5.41) is 1.10. The van der Waals surface area contributed by atoms with Crippen LogP contribution >= 0.6 is 0 Å². The van der Waals surface area contributed by atoms with Crippen LogP contribution in [0.15, 0.2) is 28.9 Å². The van der Waals surface area contributed by atoms with Crippen molar-refractivity contribution in [2.45, 2.75) is 13.5 Å². The molecule has 0 radical (unpaired) electrons. The number of hydrogen-bond donors (Lipinski definition) is 1. The van der Waals surface area contributed by atoms with Crippen LogP contribution in [0.3, 0.4) is 0 Å². The molecule has 3 nitrogen and oxygen atoms in total. The summed E-state index contributed by atoms with van der Waals surface area (Å²) in [4.78, 5) is 4.62. The molecule has 0 aliphatic heterocycles. The number of fused-ring (bicyclic) bond motifs is 1. The van der Waals surface area contributed by atoms with Crippen molar-refractivity contribution in [3.63, 3.8) is 0 Å². The first kappa shape index (κ1) is 8.29. The molecule has 0 fully saturated rings. The highest BCUT2D eigenvalue weighted by Gasteiger charge is 2.06. The molecule has 2 rings (SSSR count). The summed E-state index contributed by atoms with van der Waals surface area (Å²) in [5.41, 5.74) is 3.06. The van der Waals surface area contributed by atoms with E-state index in [0.29, 0.717) is 6.61 Å². The van der Waals surface area contributed by atoms with Gasteiger partial charge in [0.15, 0.2) is 0 Å². The summed E-state index contributed by atoms with van der Waals surface area (Å²) in [6.07, 6.45) is 1.74. The molecule has 0 unspecified atom stereocenters. The quantitative estimate of drug-likeness (QED) is 0.715. The molecule has 1 aromatic heterocycles. The van der Waals surface area contributed by atoms with Crippen molar-refractivity contribution in [3.8, 4) is 0 Å². The van der Waals surface area contributed by atoms with Crippen LogP contribution in [-0.4, -0.2) is 0 Å². The maximum Gasteiger partial charge on any atom is 0.134 e. The van der Waals surface area contributed by atoms with Crippen LogP contribution in [0.2, 0.25) is 0 Å². The molecule has 0 atom stereocenters. The topological polar surface area (TPSA) is 48.4 Å². The van der Waals surface area contributed by atoms with Crippen molar-refractivity contribution in [3.05, 3.63) is 35.6 Å². The van der Waals surface area contributed by atoms with Crippen LogP contribution in [-0.2, 0) is 11.4 Å². The number of aryl methyl sites for hydroxylation is 1. The second-order valence-corrected chi connectivity index (χ2v) is 3.02. The third-order valence-electron chi connectivity index (χ3n) is 2.11. The zero-order valence-electron chi connectivity index (χ0n) is 7.41. The van der Waals surface area contributed by atoms with Crippen molar-refractivity contribution < 1.29 is 9.25 Å². The van der Waals surface area contributed by atoms with Gasteiger partial charge in [0.25, 0.3) is 0 Å². The van der Waals surface area contributed by atoms with Crippen molar-refractivity contribution in [2.24, 2.45) is 5.90 Å². The molecular weight excluding hydrogens is 166 g/mol. The largest absolute Gasteiger partial charge is 0.464 e. The van der Waals surface area contributed by atoms with Crippen LogP contribution in [0.5, 0.6) is 0 Å². The molecule has 0 amide bonds. The van der Waals surface area contributed by atoms with Gasteiger partial charge in [0.05, 0.1) is 12.9 Å². The molecule has 2 N–H and O–H groups in total. The molecule has 0 aliphatic carbocycles. The zero-order valence-corrected chi connectivity index (χ0v) is 7.41. The minimum absolute atomic E-state index is 0.414. The first-order chi connectivity index (χ1) is 6.33. The van der Waals surface area contributed by atoms with E-state index in [1.807, 2.05) is 25.1 Å². The Hall–Kier alpha value is -1.32. The van der Waals surface area contributed by atoms with Gasteiger partial charge in [0.1, 0.15) is 5.58 Å². The Morgan fingerprint density at radius 2 is 2.31 bits per heavy atom. The van der Waals surface area contributed by atoms with E-state index in [2.05, 4.69) is 4.84 Å². The highest BCUT2D eigenvalue weighted by molar-refractivity contribution is 5.84. The fraction of sp³-hybridized carbons (Fsp3) is 0.200. The smallest absolute Gasteiger partial charge is 0.134 e. The fourth-order valence-electron chi connectivity index (χ4n) is 1.54. The summed E-state index contributed by atoms with van der Waals surface area (Å²) < 4.78 is 5.34. The van der Waals surface area contributed by atoms with Gasteiger partial charge in [-0.3, -0.25) is 4.84 Å². The van der Waals surface area contributed by atoms with Gasteiger partial charge in [-0.15, -0.1) is 0 Å². The van der Waals surface area contributed by atoms with E-state index in [4.69, 9.17) is 10.3 Å². The average Bonchev–Trinajstić information content (AvgIpc) is 2.50. The molecule has 3 heteroatoms. The van der Waals surface area contributed by atoms with Crippen LogP contribution < -0.4 is 5.90 Å². The zero-order chi connectivity index (χ0) is 9.26. The lowest BCUT2D eigenvalue weighted by molar-refractivity contribution is 0.125. The molecule has 0 aliphatic rings. The third kappa shape index (κ3) is 1.32. The predicted molar refractivity (Wildman–Crippen MR) is 49.9 cm³/mol. The van der Waals surface area contributed by atoms with Gasteiger partial charge in [-0.05, 0) is 24.1 Å². The first-order valence-electron chi connectivity index (χ1n) is 4.10. The number of nitrogens with two attached hydrogens (primary N) is 1. The molecule has 0 spiro atoms. The third-order valence-corrected chi connectivity index (χ3v) is 2.11. The Morgan fingerprint density at radius 3 is 3.08 bits per heavy atom. The van der Waals surface area contributed by atoms with Gasteiger partial charge < -0.3 is 4.42 Å². The second kappa shape index (κ2) is 3.20. The summed E-state index contributed by atoms with van der Waals surface area (Å²) in [6, 6.07) is 5.85. The summed E-state index contributed by atoms with van der Waals surface area (Å²) in [5.74, 6) is 5.04. The Morgan fingerprint density at radius 1 is 1.46 bits per heavy atom. The SMILES string of the molecule is Cc1coc2cccc(CON)c12. The standard InChI is InChI=1S/C10H11NO2/c1-7-5-12-9-4-2-3-8(6-13-11)10(7)9/h2-5H,6,11H2,1H3. The van der Waals surface area contributed by atoms with Gasteiger partial charge in [-0.25, -0.2) is 5.90 Å². The van der Waals surface area contributed by atoms with Crippen LogP contribution in [0.1, 0.15) is 11.1 Å². The van der Waals surface area contributed by atoms with Crippen molar-refractivity contribution in [1.29, 1.82) is 0 Å². The van der Waals surface area contributed by atoms with E-state index in [9.17, 15) is 0 Å². The van der Waals surface area contributed by atoms with Crippen LogP contribution in [0.25, 0.3) is 11.0 Å². The highest BCUT2D eigenvalue weighted by atomic mass is 16.6. The molecule has 2 aromatic rings. The Kier molecular flexibility index (Phi) is 2.04. The van der Waals surface area contributed by atoms with Gasteiger partial charge in [-0.1, -0.05) is 12.1 Å². The summed E-state index contributed by atoms with van der Waals surface area (Å²) in [7, 11) is 0. The first-order valence-corrected chi connectivity index (χ1v) is 4.10. The Balaban J connectivity index is 2.65. The van der Waals surface area contributed by atoms with Crippen LogP contribution in [0.4, 0.5) is 0 Å². The van der Waals surface area contributed by atoms with Crippen LogP contribution in [0, 0.1) is 6.92 Å². The lowest BCUT2D eigenvalue weighted by atomic mass is 10.1. The van der Waals surface area contributed by atoms with E-state index in [1.165, 1.54) is 0 Å². The molecule has 1 heterocycles. The van der Waals surface area contributed by atoms with Crippen molar-refractivity contribution in [1.82, 2.24) is 0 Å². The monoisotopic (exact) mass is 177 g/mol. The van der Waals surface area contributed by atoms with E-state index < -0.39 is 0 Å². The molecule has 0 bridgehead atoms. The fourth-order valence-corrected chi connectivity index (χ4v) is 1.54. The second-order valence-electron chi connectivity index (χ2n) is 3.02. The van der Waals surface area contributed by atoms with Gasteiger partial charge in [0.2, 0.25) is 0 Å². The number of hydrogen-bond acceptors (Lipinski definition) is 3. The lowest BCUT2D eigenvalue weighted by Crippen LogP contribution is -1.99. The minimum Gasteiger partial charge on any atom is -0.464 e. The van der Waals surface area contributed by atoms with Gasteiger partial charge in [-0.2, -0.15) is 0 Å². The normalized spacial score (nSPS) is 10.9. The maximum atomic E-state index is 5.34. The summed E-state index contributed by atoms with van der Waals surface area (Å²) in [6.45, 7) is 2.42. The van der Waals surface area contributed by atoms with E-state index in [1.54, 1.807) is 6.26 Å². The lowest BCUT2D eigenvalue weighted by Gasteiger charge is -2.00. The molecule has 13 heavy (non-hydrogen) atoms. The highest BCUT2D eigenvalue weighted by Crippen LogP contribution is 2.24. The number of furan rings is 1. The molecule has 0 saturated heterocycles. The molecule has 1 aromatic carbocycles. The van der Waals surface area contributed by atoms with Gasteiger partial charge in [0, 0.05) is 5.39 Å². The van der Waals surface area contributed by atoms with Gasteiger partial charge >= 0.3 is 0 Å². The summed E-state index contributed by atoms with van der Waals surface area (Å²) >= 11 is 0. The average molecular weight is 177 g/mol. The Labute approximate surface area is 76.0 Å². The van der Waals surface area contributed by atoms with Crippen molar-refractivity contribution >= 4 is 11.0 Å². The van der Waals surface area contributed by atoms with E-state index >= 15 is 0 Å². The Bertz CT molecular complexity index is 420. The predicted octanol–water partition coefficient (Wildman–Crippen LogP) is 2.13. The maximum absolute atomic E-state index is 5.34. The number of benzene rings is 1. The van der Waals surface area contributed by atoms with E-state index in [-0.39, 0.29) is 0 Å². The minimum atomic E-state index is 0.414. The van der Waals surface area contributed by atoms with E-state index in [0.717, 1.165) is 22.1 Å².